The van der Waals surface area contributed by atoms with Gasteiger partial charge in [0.25, 0.3) is 0 Å². The minimum atomic E-state index is -0.987. The average molecular weight is 216 g/mol. The molecule has 0 heterocycles. The number of hydrogen-bond acceptors (Lipinski definition) is 3. The third-order valence-electron chi connectivity index (χ3n) is 2.40. The lowest BCUT2D eigenvalue weighted by Gasteiger charge is -2.30. The number of ether oxygens (including phenoxy) is 2. The Bertz CT molecular complexity index is 172. The quantitative estimate of drug-likeness (QED) is 0.556. The van der Waals surface area contributed by atoms with Gasteiger partial charge in [-0.1, -0.05) is 20.3 Å². The number of ketones is 1. The van der Waals surface area contributed by atoms with E-state index in [1.807, 2.05) is 20.8 Å². The van der Waals surface area contributed by atoms with E-state index in [1.165, 1.54) is 0 Å². The molecular formula is C12H24O3. The first-order valence-electron chi connectivity index (χ1n) is 5.98. The second-order valence-electron chi connectivity index (χ2n) is 3.50. The maximum absolute atomic E-state index is 12.0. The predicted octanol–water partition coefficient (Wildman–Crippen LogP) is 2.93. The van der Waals surface area contributed by atoms with E-state index in [2.05, 4.69) is 6.92 Å². The summed E-state index contributed by atoms with van der Waals surface area (Å²) in [7, 11) is 0. The summed E-state index contributed by atoms with van der Waals surface area (Å²) in [6, 6.07) is 0. The molecule has 0 saturated heterocycles. The maximum Gasteiger partial charge on any atom is 0.228 e. The standard InChI is InChI=1S/C12H24O3/c1-5-9-10-11(13)12(6-2,14-7-3)15-8-4/h5-10H2,1-4H3. The lowest BCUT2D eigenvalue weighted by molar-refractivity contribution is -0.227. The van der Waals surface area contributed by atoms with Gasteiger partial charge in [-0.25, -0.2) is 0 Å². The minimum Gasteiger partial charge on any atom is -0.344 e. The predicted molar refractivity (Wildman–Crippen MR) is 60.8 cm³/mol. The van der Waals surface area contributed by atoms with Gasteiger partial charge in [0.15, 0.2) is 5.78 Å². The van der Waals surface area contributed by atoms with Crippen LogP contribution >= 0.6 is 0 Å². The summed E-state index contributed by atoms with van der Waals surface area (Å²) in [6.07, 6.45) is 3.05. The van der Waals surface area contributed by atoms with Crippen LogP contribution in [0.25, 0.3) is 0 Å². The largest absolute Gasteiger partial charge is 0.344 e. The summed E-state index contributed by atoms with van der Waals surface area (Å²) < 4.78 is 11.0. The van der Waals surface area contributed by atoms with E-state index >= 15 is 0 Å². The lowest BCUT2D eigenvalue weighted by atomic mass is 10.0. The van der Waals surface area contributed by atoms with Crippen LogP contribution in [0.15, 0.2) is 0 Å². The summed E-state index contributed by atoms with van der Waals surface area (Å²) in [5, 5.41) is 0. The van der Waals surface area contributed by atoms with Crippen LogP contribution in [0.4, 0.5) is 0 Å². The molecule has 0 unspecified atom stereocenters. The molecule has 0 aromatic heterocycles. The minimum absolute atomic E-state index is 0.0792. The molecule has 0 aromatic carbocycles. The van der Waals surface area contributed by atoms with Crippen LogP contribution in [0.3, 0.4) is 0 Å². The van der Waals surface area contributed by atoms with Crippen LogP contribution in [-0.4, -0.2) is 24.8 Å². The molecule has 0 aliphatic heterocycles. The molecular weight excluding hydrogens is 192 g/mol. The van der Waals surface area contributed by atoms with Gasteiger partial charge in [-0.3, -0.25) is 4.79 Å². The van der Waals surface area contributed by atoms with E-state index in [9.17, 15) is 4.79 Å². The molecule has 15 heavy (non-hydrogen) atoms. The Balaban J connectivity index is 4.48. The molecule has 0 bridgehead atoms. The number of unbranched alkanes of at least 4 members (excludes halogenated alkanes) is 1. The highest BCUT2D eigenvalue weighted by Crippen LogP contribution is 2.22. The molecule has 0 saturated carbocycles. The number of carbonyl (C=O) groups excluding carboxylic acids is 1. The van der Waals surface area contributed by atoms with Gasteiger partial charge in [0, 0.05) is 26.1 Å². The van der Waals surface area contributed by atoms with Crippen molar-refractivity contribution < 1.29 is 14.3 Å². The third kappa shape index (κ3) is 4.31. The monoisotopic (exact) mass is 216 g/mol. The summed E-state index contributed by atoms with van der Waals surface area (Å²) >= 11 is 0. The van der Waals surface area contributed by atoms with Crippen molar-refractivity contribution >= 4 is 5.78 Å². The van der Waals surface area contributed by atoms with E-state index < -0.39 is 5.79 Å². The lowest BCUT2D eigenvalue weighted by Crippen LogP contribution is -2.44. The fourth-order valence-corrected chi connectivity index (χ4v) is 1.60. The van der Waals surface area contributed by atoms with E-state index in [4.69, 9.17) is 9.47 Å². The van der Waals surface area contributed by atoms with Gasteiger partial charge < -0.3 is 9.47 Å². The SMILES string of the molecule is CCCCC(=O)C(CC)(OCC)OCC. The Labute approximate surface area is 93.1 Å². The first-order valence-corrected chi connectivity index (χ1v) is 5.98. The Morgan fingerprint density at radius 3 is 1.93 bits per heavy atom. The first kappa shape index (κ1) is 14.6. The van der Waals surface area contributed by atoms with Gasteiger partial charge in [-0.2, -0.15) is 0 Å². The van der Waals surface area contributed by atoms with Gasteiger partial charge in [0.2, 0.25) is 5.79 Å². The topological polar surface area (TPSA) is 35.5 Å². The van der Waals surface area contributed by atoms with Gasteiger partial charge in [-0.05, 0) is 20.3 Å². The summed E-state index contributed by atoms with van der Waals surface area (Å²) in [6.45, 7) is 8.78. The molecule has 0 aliphatic carbocycles. The molecule has 90 valence electrons. The van der Waals surface area contributed by atoms with Crippen molar-refractivity contribution in [3.8, 4) is 0 Å². The van der Waals surface area contributed by atoms with Crippen LogP contribution < -0.4 is 0 Å². The zero-order chi connectivity index (χ0) is 11.7. The fourth-order valence-electron chi connectivity index (χ4n) is 1.60. The molecule has 0 atom stereocenters. The van der Waals surface area contributed by atoms with Crippen molar-refractivity contribution in [2.75, 3.05) is 13.2 Å². The Morgan fingerprint density at radius 2 is 1.60 bits per heavy atom. The van der Waals surface area contributed by atoms with Crippen LogP contribution in [0.5, 0.6) is 0 Å². The van der Waals surface area contributed by atoms with Crippen LogP contribution in [0, 0.1) is 0 Å². The molecule has 0 rings (SSSR count). The fraction of sp³-hybridized carbons (Fsp3) is 0.917. The Morgan fingerprint density at radius 1 is 1.07 bits per heavy atom. The van der Waals surface area contributed by atoms with Gasteiger partial charge >= 0.3 is 0 Å². The Hall–Kier alpha value is -0.410. The number of hydrogen-bond donors (Lipinski definition) is 0. The molecule has 0 radical (unpaired) electrons. The molecule has 0 spiro atoms. The van der Waals surface area contributed by atoms with E-state index in [-0.39, 0.29) is 5.78 Å². The van der Waals surface area contributed by atoms with E-state index in [0.29, 0.717) is 26.1 Å². The van der Waals surface area contributed by atoms with Crippen molar-refractivity contribution in [3.63, 3.8) is 0 Å². The second kappa shape index (κ2) is 7.83. The average Bonchev–Trinajstić information content (AvgIpc) is 2.25. The van der Waals surface area contributed by atoms with Crippen LogP contribution in [-0.2, 0) is 14.3 Å². The van der Waals surface area contributed by atoms with Crippen molar-refractivity contribution in [1.29, 1.82) is 0 Å². The van der Waals surface area contributed by atoms with E-state index in [1.54, 1.807) is 0 Å². The zero-order valence-electron chi connectivity index (χ0n) is 10.5. The van der Waals surface area contributed by atoms with Crippen molar-refractivity contribution in [3.05, 3.63) is 0 Å². The van der Waals surface area contributed by atoms with Crippen LogP contribution in [0.1, 0.15) is 53.4 Å². The van der Waals surface area contributed by atoms with Crippen molar-refractivity contribution in [2.45, 2.75) is 59.2 Å². The molecule has 0 fully saturated rings. The van der Waals surface area contributed by atoms with E-state index in [0.717, 1.165) is 12.8 Å². The molecule has 3 nitrogen and oxygen atoms in total. The molecule has 3 heteroatoms. The summed E-state index contributed by atoms with van der Waals surface area (Å²) in [4.78, 5) is 12.0. The van der Waals surface area contributed by atoms with Crippen molar-refractivity contribution in [1.82, 2.24) is 0 Å². The first-order chi connectivity index (χ1) is 7.16. The molecule has 0 aliphatic rings. The highest BCUT2D eigenvalue weighted by molar-refractivity contribution is 5.85. The highest BCUT2D eigenvalue weighted by atomic mass is 16.7. The van der Waals surface area contributed by atoms with Gasteiger partial charge in [0.05, 0.1) is 0 Å². The molecule has 0 aromatic rings. The number of Topliss-reactive ketones (excluding diaryl/α,β-unsaturated/α-hetero) is 1. The van der Waals surface area contributed by atoms with Crippen LogP contribution in [0.2, 0.25) is 0 Å². The smallest absolute Gasteiger partial charge is 0.228 e. The van der Waals surface area contributed by atoms with Gasteiger partial charge in [-0.15, -0.1) is 0 Å². The Kier molecular flexibility index (Phi) is 7.61. The highest BCUT2D eigenvalue weighted by Gasteiger charge is 2.37. The van der Waals surface area contributed by atoms with Gasteiger partial charge in [0.1, 0.15) is 0 Å². The third-order valence-corrected chi connectivity index (χ3v) is 2.40. The normalized spacial score (nSPS) is 11.7. The molecule has 0 N–H and O–H groups in total. The number of carbonyl (C=O) groups is 1. The second-order valence-corrected chi connectivity index (χ2v) is 3.50. The maximum atomic E-state index is 12.0. The summed E-state index contributed by atoms with van der Waals surface area (Å²) in [5.41, 5.74) is 0. The number of rotatable bonds is 9. The zero-order valence-corrected chi connectivity index (χ0v) is 10.5. The van der Waals surface area contributed by atoms with Crippen molar-refractivity contribution in [2.24, 2.45) is 0 Å². The molecule has 0 amide bonds. The summed E-state index contributed by atoms with van der Waals surface area (Å²) in [5.74, 6) is -0.908.